The number of aromatic amines is 1. The maximum atomic E-state index is 12.9. The first-order valence-electron chi connectivity index (χ1n) is 8.50. The van der Waals surface area contributed by atoms with Gasteiger partial charge >= 0.3 is 0 Å². The van der Waals surface area contributed by atoms with Gasteiger partial charge in [0.15, 0.2) is 0 Å². The molecule has 0 spiro atoms. The van der Waals surface area contributed by atoms with E-state index in [0.29, 0.717) is 6.42 Å². The van der Waals surface area contributed by atoms with Gasteiger partial charge in [0.05, 0.1) is 17.9 Å². The molecule has 1 aromatic heterocycles. The highest BCUT2D eigenvalue weighted by Crippen LogP contribution is 2.20. The van der Waals surface area contributed by atoms with E-state index in [-0.39, 0.29) is 17.8 Å². The lowest BCUT2D eigenvalue weighted by Crippen LogP contribution is -2.27. The number of hydrogen-bond acceptors (Lipinski definition) is 2. The Morgan fingerprint density at radius 2 is 1.92 bits per heavy atom. The molecule has 26 heavy (non-hydrogen) atoms. The Balaban J connectivity index is 1.66. The van der Waals surface area contributed by atoms with Crippen LogP contribution in [-0.2, 0) is 4.79 Å². The molecular formula is C21H20FN3O. The molecule has 0 aliphatic carbocycles. The molecule has 0 unspecified atom stereocenters. The van der Waals surface area contributed by atoms with E-state index < -0.39 is 0 Å². The minimum absolute atomic E-state index is 0.210. The molecule has 2 aromatic carbocycles. The highest BCUT2D eigenvalue weighted by molar-refractivity contribution is 5.91. The third kappa shape index (κ3) is 4.45. The molecule has 3 aromatic rings. The standard InChI is InChI=1S/C21H20FN3O/c1-2-18(21-23-14-19(25-21)16-6-4-3-5-7-16)24-20(26)13-10-15-8-11-17(22)12-9-15/h3-14,18H,2H2,1H3,(H,23,25)(H,24,26)/b13-10-/t18-/m0/s1. The van der Waals surface area contributed by atoms with Crippen molar-refractivity contribution in [2.45, 2.75) is 19.4 Å². The number of amides is 1. The van der Waals surface area contributed by atoms with Gasteiger partial charge in [-0.25, -0.2) is 9.37 Å². The minimum atomic E-state index is -0.301. The largest absolute Gasteiger partial charge is 0.343 e. The van der Waals surface area contributed by atoms with Crippen molar-refractivity contribution in [2.24, 2.45) is 0 Å². The van der Waals surface area contributed by atoms with Crippen molar-refractivity contribution in [2.75, 3.05) is 0 Å². The fourth-order valence-corrected chi connectivity index (χ4v) is 2.61. The van der Waals surface area contributed by atoms with Gasteiger partial charge in [0.25, 0.3) is 0 Å². The van der Waals surface area contributed by atoms with E-state index in [4.69, 9.17) is 0 Å². The maximum Gasteiger partial charge on any atom is 0.244 e. The Morgan fingerprint density at radius 3 is 2.62 bits per heavy atom. The molecule has 0 saturated carbocycles. The molecular weight excluding hydrogens is 329 g/mol. The summed E-state index contributed by atoms with van der Waals surface area (Å²) in [5.74, 6) is 0.193. The lowest BCUT2D eigenvalue weighted by molar-refractivity contribution is -0.117. The lowest BCUT2D eigenvalue weighted by atomic mass is 10.2. The van der Waals surface area contributed by atoms with Crippen LogP contribution in [0.25, 0.3) is 17.3 Å². The molecule has 1 heterocycles. The molecule has 4 nitrogen and oxygen atoms in total. The third-order valence-electron chi connectivity index (χ3n) is 4.03. The summed E-state index contributed by atoms with van der Waals surface area (Å²) in [6.45, 7) is 1.99. The number of H-pyrrole nitrogens is 1. The predicted molar refractivity (Wildman–Crippen MR) is 101 cm³/mol. The molecule has 0 aliphatic heterocycles. The Hall–Kier alpha value is -3.21. The zero-order chi connectivity index (χ0) is 18.4. The van der Waals surface area contributed by atoms with Crippen LogP contribution in [0.1, 0.15) is 30.8 Å². The zero-order valence-electron chi connectivity index (χ0n) is 14.4. The van der Waals surface area contributed by atoms with Crippen LogP contribution >= 0.6 is 0 Å². The van der Waals surface area contributed by atoms with E-state index in [9.17, 15) is 9.18 Å². The molecule has 0 radical (unpaired) electrons. The van der Waals surface area contributed by atoms with E-state index in [0.717, 1.165) is 22.6 Å². The van der Waals surface area contributed by atoms with Crippen molar-refractivity contribution < 1.29 is 9.18 Å². The topological polar surface area (TPSA) is 57.8 Å². The second kappa shape index (κ2) is 8.25. The fourth-order valence-electron chi connectivity index (χ4n) is 2.61. The monoisotopic (exact) mass is 349 g/mol. The number of halogens is 1. The van der Waals surface area contributed by atoms with E-state index in [1.54, 1.807) is 24.4 Å². The summed E-state index contributed by atoms with van der Waals surface area (Å²) in [4.78, 5) is 19.9. The van der Waals surface area contributed by atoms with E-state index in [1.165, 1.54) is 18.2 Å². The van der Waals surface area contributed by atoms with Gasteiger partial charge in [0.2, 0.25) is 5.91 Å². The molecule has 132 valence electrons. The van der Waals surface area contributed by atoms with Crippen molar-refractivity contribution in [1.29, 1.82) is 0 Å². The number of rotatable bonds is 6. The van der Waals surface area contributed by atoms with Crippen LogP contribution in [0.3, 0.4) is 0 Å². The molecule has 3 rings (SSSR count). The SMILES string of the molecule is CC[C@H](NC(=O)/C=C\c1ccc(F)cc1)c1ncc(-c2ccccc2)[nH]1. The normalized spacial score (nSPS) is 12.2. The van der Waals surface area contributed by atoms with Crippen molar-refractivity contribution in [3.8, 4) is 11.3 Å². The van der Waals surface area contributed by atoms with Crippen LogP contribution in [0.5, 0.6) is 0 Å². The summed E-state index contributed by atoms with van der Waals surface area (Å²) >= 11 is 0. The number of nitrogens with one attached hydrogen (secondary N) is 2. The van der Waals surface area contributed by atoms with Gasteiger partial charge in [0, 0.05) is 6.08 Å². The summed E-state index contributed by atoms with van der Waals surface area (Å²) in [5, 5.41) is 2.94. The zero-order valence-corrected chi connectivity index (χ0v) is 14.4. The van der Waals surface area contributed by atoms with Gasteiger partial charge in [0.1, 0.15) is 11.6 Å². The molecule has 1 amide bonds. The predicted octanol–water partition coefficient (Wildman–Crippen LogP) is 4.50. The van der Waals surface area contributed by atoms with Crippen molar-refractivity contribution in [3.05, 3.63) is 84.1 Å². The van der Waals surface area contributed by atoms with Crippen LogP contribution in [0.2, 0.25) is 0 Å². The maximum absolute atomic E-state index is 12.9. The highest BCUT2D eigenvalue weighted by atomic mass is 19.1. The summed E-state index contributed by atoms with van der Waals surface area (Å²) in [7, 11) is 0. The fraction of sp³-hybridized carbons (Fsp3) is 0.143. The number of benzene rings is 2. The third-order valence-corrected chi connectivity index (χ3v) is 4.03. The highest BCUT2D eigenvalue weighted by Gasteiger charge is 2.15. The molecule has 0 fully saturated rings. The number of carbonyl (C=O) groups is 1. The first kappa shape index (κ1) is 17.6. The van der Waals surface area contributed by atoms with Gasteiger partial charge in [-0.2, -0.15) is 0 Å². The molecule has 0 aliphatic rings. The quantitative estimate of drug-likeness (QED) is 0.644. The Morgan fingerprint density at radius 1 is 1.19 bits per heavy atom. The number of hydrogen-bond donors (Lipinski definition) is 2. The van der Waals surface area contributed by atoms with Gasteiger partial charge in [-0.3, -0.25) is 4.79 Å². The van der Waals surface area contributed by atoms with Gasteiger partial charge in [-0.05, 0) is 35.8 Å². The number of nitrogens with zero attached hydrogens (tertiary/aromatic N) is 1. The molecule has 2 N–H and O–H groups in total. The minimum Gasteiger partial charge on any atom is -0.343 e. The van der Waals surface area contributed by atoms with Gasteiger partial charge in [-0.1, -0.05) is 49.4 Å². The summed E-state index contributed by atoms with van der Waals surface area (Å²) in [5.41, 5.74) is 2.72. The molecule has 1 atom stereocenters. The van der Waals surface area contributed by atoms with Crippen molar-refractivity contribution in [3.63, 3.8) is 0 Å². The van der Waals surface area contributed by atoms with Gasteiger partial charge < -0.3 is 10.3 Å². The number of carbonyl (C=O) groups excluding carboxylic acids is 1. The van der Waals surface area contributed by atoms with Crippen LogP contribution < -0.4 is 5.32 Å². The van der Waals surface area contributed by atoms with Crippen LogP contribution in [-0.4, -0.2) is 15.9 Å². The second-order valence-corrected chi connectivity index (χ2v) is 5.90. The summed E-state index contributed by atoms with van der Waals surface area (Å²) < 4.78 is 12.9. The van der Waals surface area contributed by atoms with E-state index in [2.05, 4.69) is 15.3 Å². The van der Waals surface area contributed by atoms with Crippen molar-refractivity contribution in [1.82, 2.24) is 15.3 Å². The average Bonchev–Trinajstić information content (AvgIpc) is 3.16. The summed E-state index contributed by atoms with van der Waals surface area (Å²) in [6, 6.07) is 15.7. The van der Waals surface area contributed by atoms with Crippen LogP contribution in [0.4, 0.5) is 4.39 Å². The average molecular weight is 349 g/mol. The molecule has 5 heteroatoms. The van der Waals surface area contributed by atoms with Gasteiger partial charge in [-0.15, -0.1) is 0 Å². The number of imidazole rings is 1. The van der Waals surface area contributed by atoms with E-state index in [1.807, 2.05) is 37.3 Å². The van der Waals surface area contributed by atoms with Crippen LogP contribution in [0.15, 0.2) is 66.9 Å². The first-order valence-corrected chi connectivity index (χ1v) is 8.50. The van der Waals surface area contributed by atoms with Crippen LogP contribution in [0, 0.1) is 5.82 Å². The lowest BCUT2D eigenvalue weighted by Gasteiger charge is -2.13. The number of aromatic nitrogens is 2. The van der Waals surface area contributed by atoms with E-state index >= 15 is 0 Å². The molecule has 0 saturated heterocycles. The Bertz CT molecular complexity index is 885. The second-order valence-electron chi connectivity index (χ2n) is 5.90. The molecule has 0 bridgehead atoms. The first-order chi connectivity index (χ1) is 12.7. The Labute approximate surface area is 151 Å². The Kier molecular flexibility index (Phi) is 5.59. The summed E-state index contributed by atoms with van der Waals surface area (Å²) in [6.07, 6.45) is 5.57. The van der Waals surface area contributed by atoms with Crippen molar-refractivity contribution >= 4 is 12.0 Å². The smallest absolute Gasteiger partial charge is 0.244 e.